The van der Waals surface area contributed by atoms with Crippen LogP contribution in [0.15, 0.2) is 60.7 Å². The number of aliphatic hydroxyl groups excluding tert-OH is 1. The average molecular weight is 528 g/mol. The number of hydrogen-bond acceptors (Lipinski definition) is 4. The van der Waals surface area contributed by atoms with Gasteiger partial charge in [0.25, 0.3) is 0 Å². The minimum absolute atomic E-state index is 0.000462. The van der Waals surface area contributed by atoms with Crippen LogP contribution in [0.1, 0.15) is 93.1 Å². The van der Waals surface area contributed by atoms with Gasteiger partial charge in [-0.3, -0.25) is 0 Å². The lowest BCUT2D eigenvalue weighted by atomic mass is 9.61. The number of rotatable bonds is 8. The van der Waals surface area contributed by atoms with Crippen molar-refractivity contribution in [3.05, 3.63) is 88.5 Å². The van der Waals surface area contributed by atoms with Crippen LogP contribution < -0.4 is 4.90 Å². The predicted octanol–water partition coefficient (Wildman–Crippen LogP) is 7.70. The summed E-state index contributed by atoms with van der Waals surface area (Å²) in [5, 5.41) is 30.5. The van der Waals surface area contributed by atoms with Gasteiger partial charge in [0.2, 0.25) is 0 Å². The Balaban J connectivity index is 1.80. The van der Waals surface area contributed by atoms with Gasteiger partial charge in [0, 0.05) is 18.8 Å². The van der Waals surface area contributed by atoms with E-state index in [1.54, 1.807) is 18.2 Å². The van der Waals surface area contributed by atoms with Gasteiger partial charge in [-0.15, -0.1) is 0 Å². The minimum Gasteiger partial charge on any atom is -0.507 e. The number of fused-ring (bicyclic) bond motifs is 1. The third-order valence-electron chi connectivity index (χ3n) is 8.31. The van der Waals surface area contributed by atoms with Gasteiger partial charge < -0.3 is 20.2 Å². The highest BCUT2D eigenvalue weighted by Gasteiger charge is 2.39. The Bertz CT molecular complexity index is 1380. The van der Waals surface area contributed by atoms with Crippen LogP contribution in [0.25, 0.3) is 17.2 Å². The smallest absolute Gasteiger partial charge is 0.339 e. The first-order valence-corrected chi connectivity index (χ1v) is 13.8. The van der Waals surface area contributed by atoms with E-state index < -0.39 is 12.1 Å². The Morgan fingerprint density at radius 2 is 1.59 bits per heavy atom. The van der Waals surface area contributed by atoms with Crippen LogP contribution in [0.5, 0.6) is 5.75 Å². The number of carbonyl (C=O) groups is 1. The molecule has 1 atom stereocenters. The lowest BCUT2D eigenvalue weighted by Crippen LogP contribution is -2.34. The Morgan fingerprint density at radius 3 is 2.18 bits per heavy atom. The van der Waals surface area contributed by atoms with E-state index in [2.05, 4.69) is 82.8 Å². The summed E-state index contributed by atoms with van der Waals surface area (Å²) in [7, 11) is 0. The van der Waals surface area contributed by atoms with Gasteiger partial charge in [0.05, 0.1) is 6.10 Å². The van der Waals surface area contributed by atoms with Crippen molar-refractivity contribution in [2.75, 3.05) is 18.0 Å². The Morgan fingerprint density at radius 1 is 0.949 bits per heavy atom. The molecule has 206 valence electrons. The van der Waals surface area contributed by atoms with Crippen molar-refractivity contribution in [2.24, 2.45) is 0 Å². The highest BCUT2D eigenvalue weighted by atomic mass is 16.4. The number of carboxylic acids is 1. The number of phenols is 1. The standard InChI is InChI=1S/C34H41NO4/c1-7-35(8-2)25-13-11-23(12-14-25)27-20-24(21-28-31(27)34(5,6)18-17-33(28,3)4)29(36)16-10-22-9-15-26(32(38)39)30(37)19-22/h9-16,19-21,29,36-37H,7-8,17-18H2,1-6H3,(H,38,39)/b16-10-. The van der Waals surface area contributed by atoms with E-state index in [4.69, 9.17) is 5.11 Å². The molecule has 0 saturated heterocycles. The highest BCUT2D eigenvalue weighted by molar-refractivity contribution is 5.91. The first-order valence-electron chi connectivity index (χ1n) is 13.8. The van der Waals surface area contributed by atoms with Gasteiger partial charge in [0.1, 0.15) is 11.3 Å². The minimum atomic E-state index is -1.18. The van der Waals surface area contributed by atoms with Gasteiger partial charge in [-0.2, -0.15) is 0 Å². The topological polar surface area (TPSA) is 81.0 Å². The molecular formula is C34H41NO4. The molecule has 4 rings (SSSR count). The van der Waals surface area contributed by atoms with E-state index in [0.717, 1.165) is 42.6 Å². The SMILES string of the molecule is CCN(CC)c1ccc(-c2cc(C(O)/C=C\c3ccc(C(=O)O)c(O)c3)cc3c2C(C)(C)CCC3(C)C)cc1. The molecule has 0 aliphatic heterocycles. The molecule has 5 nitrogen and oxygen atoms in total. The van der Waals surface area contributed by atoms with Crippen LogP contribution >= 0.6 is 0 Å². The molecule has 0 bridgehead atoms. The second kappa shape index (κ2) is 10.9. The van der Waals surface area contributed by atoms with Crippen LogP contribution in [0, 0.1) is 0 Å². The van der Waals surface area contributed by atoms with E-state index in [1.165, 1.54) is 28.9 Å². The maximum atomic E-state index is 11.3. The number of aromatic hydroxyl groups is 1. The molecule has 0 aromatic heterocycles. The molecule has 3 aromatic rings. The molecule has 3 N–H and O–H groups in total. The van der Waals surface area contributed by atoms with Gasteiger partial charge in [-0.25, -0.2) is 4.79 Å². The first-order chi connectivity index (χ1) is 18.4. The van der Waals surface area contributed by atoms with E-state index in [0.29, 0.717) is 5.56 Å². The molecule has 3 aromatic carbocycles. The summed E-state index contributed by atoms with van der Waals surface area (Å²) in [6.07, 6.45) is 4.69. The lowest BCUT2D eigenvalue weighted by molar-refractivity contribution is 0.0693. The highest BCUT2D eigenvalue weighted by Crippen LogP contribution is 2.50. The van der Waals surface area contributed by atoms with Crippen LogP contribution in [0.3, 0.4) is 0 Å². The summed E-state index contributed by atoms with van der Waals surface area (Å²) >= 11 is 0. The molecule has 0 amide bonds. The Hall–Kier alpha value is -3.57. The number of benzene rings is 3. The fourth-order valence-electron chi connectivity index (χ4n) is 5.80. The van der Waals surface area contributed by atoms with Gasteiger partial charge in [0.15, 0.2) is 0 Å². The number of hydrogen-bond donors (Lipinski definition) is 3. The fraction of sp³-hybridized carbons (Fsp3) is 0.382. The van der Waals surface area contributed by atoms with Crippen molar-refractivity contribution in [3.8, 4) is 16.9 Å². The third kappa shape index (κ3) is 5.74. The average Bonchev–Trinajstić information content (AvgIpc) is 2.90. The molecule has 39 heavy (non-hydrogen) atoms. The van der Waals surface area contributed by atoms with Gasteiger partial charge >= 0.3 is 5.97 Å². The largest absolute Gasteiger partial charge is 0.507 e. The number of aliphatic hydroxyl groups is 1. The van der Waals surface area contributed by atoms with Crippen LogP contribution in [0.4, 0.5) is 5.69 Å². The summed E-state index contributed by atoms with van der Waals surface area (Å²) in [6.45, 7) is 15.4. The van der Waals surface area contributed by atoms with Crippen LogP contribution in [0.2, 0.25) is 0 Å². The van der Waals surface area contributed by atoms with Crippen molar-refractivity contribution in [1.29, 1.82) is 0 Å². The summed E-state index contributed by atoms with van der Waals surface area (Å²) in [6, 6.07) is 17.4. The van der Waals surface area contributed by atoms with E-state index >= 15 is 0 Å². The molecular weight excluding hydrogens is 486 g/mol. The number of nitrogens with zero attached hydrogens (tertiary/aromatic N) is 1. The monoisotopic (exact) mass is 527 g/mol. The van der Waals surface area contributed by atoms with Crippen molar-refractivity contribution in [3.63, 3.8) is 0 Å². The molecule has 5 heteroatoms. The van der Waals surface area contributed by atoms with Crippen molar-refractivity contribution in [2.45, 2.75) is 71.3 Å². The lowest BCUT2D eigenvalue weighted by Gasteiger charge is -2.43. The Labute approximate surface area is 232 Å². The molecule has 1 aliphatic carbocycles. The summed E-state index contributed by atoms with van der Waals surface area (Å²) in [5.41, 5.74) is 7.37. The fourth-order valence-corrected chi connectivity index (χ4v) is 5.80. The second-order valence-electron chi connectivity index (χ2n) is 11.9. The van der Waals surface area contributed by atoms with Crippen LogP contribution in [-0.2, 0) is 10.8 Å². The molecule has 0 spiro atoms. The van der Waals surface area contributed by atoms with Gasteiger partial charge in [-0.1, -0.05) is 64.1 Å². The Kier molecular flexibility index (Phi) is 7.94. The molecule has 1 aliphatic rings. The molecule has 0 saturated carbocycles. The summed E-state index contributed by atoms with van der Waals surface area (Å²) in [4.78, 5) is 13.5. The maximum Gasteiger partial charge on any atom is 0.339 e. The zero-order chi connectivity index (χ0) is 28.5. The van der Waals surface area contributed by atoms with Crippen molar-refractivity contribution >= 4 is 17.7 Å². The molecule has 1 unspecified atom stereocenters. The third-order valence-corrected chi connectivity index (χ3v) is 8.31. The predicted molar refractivity (Wildman–Crippen MR) is 160 cm³/mol. The number of aromatic carboxylic acids is 1. The summed E-state index contributed by atoms with van der Waals surface area (Å²) < 4.78 is 0. The quantitative estimate of drug-likeness (QED) is 0.280. The van der Waals surface area contributed by atoms with Gasteiger partial charge in [-0.05, 0) is 101 Å². The molecule has 0 fully saturated rings. The van der Waals surface area contributed by atoms with E-state index in [1.807, 2.05) is 0 Å². The summed E-state index contributed by atoms with van der Waals surface area (Å²) in [5.74, 6) is -1.48. The molecule has 0 radical (unpaired) electrons. The normalized spacial score (nSPS) is 16.6. The number of anilines is 1. The zero-order valence-corrected chi connectivity index (χ0v) is 24.0. The van der Waals surface area contributed by atoms with Crippen molar-refractivity contribution in [1.82, 2.24) is 0 Å². The first kappa shape index (κ1) is 28.4. The number of carboxylic acid groups (broad SMARTS) is 1. The van der Waals surface area contributed by atoms with Crippen LogP contribution in [-0.4, -0.2) is 34.4 Å². The van der Waals surface area contributed by atoms with Crippen molar-refractivity contribution < 1.29 is 20.1 Å². The van der Waals surface area contributed by atoms with E-state index in [-0.39, 0.29) is 22.1 Å². The molecule has 0 heterocycles. The zero-order valence-electron chi connectivity index (χ0n) is 24.0. The maximum absolute atomic E-state index is 11.3. The second-order valence-corrected chi connectivity index (χ2v) is 11.9. The van der Waals surface area contributed by atoms with E-state index in [9.17, 15) is 15.0 Å².